The maximum absolute atomic E-state index is 12.5. The summed E-state index contributed by atoms with van der Waals surface area (Å²) in [5.74, 6) is 0.0809. The Kier molecular flexibility index (Phi) is 2.42. The molecule has 1 N–H and O–H groups in total. The lowest BCUT2D eigenvalue weighted by Gasteiger charge is -2.11. The second kappa shape index (κ2) is 3.38. The van der Waals surface area contributed by atoms with Crippen molar-refractivity contribution < 1.29 is 23.0 Å². The monoisotopic (exact) mass is 282 g/mol. The minimum Gasteiger partial charge on any atom is -0.463 e. The SMILES string of the molecule is OC1Cc2c(C(F)(F)F)ccc(Br)c2O1. The second-order valence-corrected chi connectivity index (χ2v) is 4.03. The summed E-state index contributed by atoms with van der Waals surface area (Å²) in [6.45, 7) is 0. The van der Waals surface area contributed by atoms with Crippen LogP contribution < -0.4 is 4.74 Å². The molecule has 0 spiro atoms. The van der Waals surface area contributed by atoms with Crippen LogP contribution in [0.25, 0.3) is 0 Å². The number of aliphatic hydroxyl groups is 1. The van der Waals surface area contributed by atoms with Gasteiger partial charge in [0.05, 0.1) is 10.0 Å². The highest BCUT2D eigenvalue weighted by Crippen LogP contribution is 2.43. The molecule has 0 aromatic heterocycles. The van der Waals surface area contributed by atoms with Crippen molar-refractivity contribution in [1.29, 1.82) is 0 Å². The molecule has 1 atom stereocenters. The van der Waals surface area contributed by atoms with E-state index in [2.05, 4.69) is 15.9 Å². The minimum absolute atomic E-state index is 0.00405. The van der Waals surface area contributed by atoms with Gasteiger partial charge in [0, 0.05) is 12.0 Å². The number of hydrogen-bond acceptors (Lipinski definition) is 2. The van der Waals surface area contributed by atoms with Crippen molar-refractivity contribution >= 4 is 15.9 Å². The topological polar surface area (TPSA) is 29.5 Å². The van der Waals surface area contributed by atoms with E-state index in [4.69, 9.17) is 9.84 Å². The van der Waals surface area contributed by atoms with Gasteiger partial charge in [-0.15, -0.1) is 0 Å². The summed E-state index contributed by atoms with van der Waals surface area (Å²) >= 11 is 3.07. The normalized spacial score (nSPS) is 19.9. The minimum atomic E-state index is -4.42. The third-order valence-corrected chi connectivity index (χ3v) is 2.77. The molecule has 0 bridgehead atoms. The van der Waals surface area contributed by atoms with E-state index >= 15 is 0 Å². The van der Waals surface area contributed by atoms with E-state index < -0.39 is 18.0 Å². The molecule has 15 heavy (non-hydrogen) atoms. The van der Waals surface area contributed by atoms with Crippen LogP contribution in [-0.4, -0.2) is 11.4 Å². The van der Waals surface area contributed by atoms with Gasteiger partial charge >= 0.3 is 6.18 Å². The van der Waals surface area contributed by atoms with E-state index in [1.807, 2.05) is 0 Å². The van der Waals surface area contributed by atoms with Gasteiger partial charge in [-0.25, -0.2) is 0 Å². The van der Waals surface area contributed by atoms with Crippen LogP contribution in [0, 0.1) is 0 Å². The van der Waals surface area contributed by atoms with E-state index in [-0.39, 0.29) is 17.7 Å². The summed E-state index contributed by atoms with van der Waals surface area (Å²) in [4.78, 5) is 0. The van der Waals surface area contributed by atoms with Crippen LogP contribution in [0.1, 0.15) is 11.1 Å². The van der Waals surface area contributed by atoms with Crippen LogP contribution in [0.4, 0.5) is 13.2 Å². The maximum atomic E-state index is 12.5. The summed E-state index contributed by atoms with van der Waals surface area (Å²) in [5, 5.41) is 9.15. The number of hydrogen-bond donors (Lipinski definition) is 1. The zero-order valence-electron chi connectivity index (χ0n) is 7.31. The van der Waals surface area contributed by atoms with Gasteiger partial charge in [0.25, 0.3) is 0 Å². The van der Waals surface area contributed by atoms with Gasteiger partial charge in [0.2, 0.25) is 6.29 Å². The molecule has 0 aliphatic carbocycles. The lowest BCUT2D eigenvalue weighted by molar-refractivity contribution is -0.138. The Bertz CT molecular complexity index is 403. The van der Waals surface area contributed by atoms with Gasteiger partial charge in [-0.2, -0.15) is 13.2 Å². The van der Waals surface area contributed by atoms with E-state index in [0.29, 0.717) is 4.47 Å². The molecule has 1 heterocycles. The molecule has 0 radical (unpaired) electrons. The highest BCUT2D eigenvalue weighted by Gasteiger charge is 2.38. The Morgan fingerprint density at radius 1 is 1.40 bits per heavy atom. The molecule has 2 rings (SSSR count). The van der Waals surface area contributed by atoms with Crippen molar-refractivity contribution in [2.75, 3.05) is 0 Å². The molecule has 1 aliphatic rings. The second-order valence-electron chi connectivity index (χ2n) is 3.18. The standard InChI is InChI=1S/C9H6BrF3O2/c10-6-2-1-5(9(11,12)13)4-3-7(14)15-8(4)6/h1-2,7,14H,3H2. The molecule has 0 saturated heterocycles. The average molecular weight is 283 g/mol. The van der Waals surface area contributed by atoms with E-state index in [1.165, 1.54) is 6.07 Å². The Balaban J connectivity index is 2.58. The number of halogens is 4. The van der Waals surface area contributed by atoms with Gasteiger partial charge in [-0.3, -0.25) is 0 Å². The quantitative estimate of drug-likeness (QED) is 0.793. The third-order valence-electron chi connectivity index (χ3n) is 2.15. The first-order valence-electron chi connectivity index (χ1n) is 4.13. The van der Waals surface area contributed by atoms with E-state index in [1.54, 1.807) is 0 Å². The Morgan fingerprint density at radius 3 is 2.67 bits per heavy atom. The van der Waals surface area contributed by atoms with Crippen LogP contribution in [0.5, 0.6) is 5.75 Å². The van der Waals surface area contributed by atoms with Crippen molar-refractivity contribution in [1.82, 2.24) is 0 Å². The molecule has 1 aromatic carbocycles. The fraction of sp³-hybridized carbons (Fsp3) is 0.333. The van der Waals surface area contributed by atoms with Crippen molar-refractivity contribution in [2.45, 2.75) is 18.9 Å². The van der Waals surface area contributed by atoms with Crippen LogP contribution in [0.3, 0.4) is 0 Å². The largest absolute Gasteiger partial charge is 0.463 e. The molecule has 82 valence electrons. The van der Waals surface area contributed by atoms with Crippen LogP contribution in [0.15, 0.2) is 16.6 Å². The Morgan fingerprint density at radius 2 is 2.07 bits per heavy atom. The van der Waals surface area contributed by atoms with E-state index in [9.17, 15) is 13.2 Å². The van der Waals surface area contributed by atoms with Gasteiger partial charge < -0.3 is 9.84 Å². The molecule has 0 amide bonds. The smallest absolute Gasteiger partial charge is 0.416 e. The summed E-state index contributed by atoms with van der Waals surface area (Å²) in [6.07, 6.45) is -5.75. The first kappa shape index (κ1) is 10.8. The van der Waals surface area contributed by atoms with Crippen molar-refractivity contribution in [2.24, 2.45) is 0 Å². The predicted octanol–water partition coefficient (Wildman–Crippen LogP) is 2.72. The van der Waals surface area contributed by atoms with Crippen molar-refractivity contribution in [3.8, 4) is 5.75 Å². The number of rotatable bonds is 0. The summed E-state index contributed by atoms with van der Waals surface area (Å²) in [6, 6.07) is 2.24. The van der Waals surface area contributed by atoms with Gasteiger partial charge in [-0.05, 0) is 28.1 Å². The van der Waals surface area contributed by atoms with E-state index in [0.717, 1.165) is 6.07 Å². The molecule has 6 heteroatoms. The molecular formula is C9H6BrF3O2. The summed E-state index contributed by atoms with van der Waals surface area (Å²) in [5.41, 5.74) is -0.748. The number of fused-ring (bicyclic) bond motifs is 1. The fourth-order valence-corrected chi connectivity index (χ4v) is 2.01. The molecule has 2 nitrogen and oxygen atoms in total. The van der Waals surface area contributed by atoms with Crippen LogP contribution in [-0.2, 0) is 12.6 Å². The number of alkyl halides is 3. The number of ether oxygens (including phenoxy) is 1. The zero-order valence-corrected chi connectivity index (χ0v) is 8.89. The van der Waals surface area contributed by atoms with Gasteiger partial charge in [0.1, 0.15) is 5.75 Å². The molecule has 0 fully saturated rings. The molecule has 0 saturated carbocycles. The third kappa shape index (κ3) is 1.83. The molecular weight excluding hydrogens is 277 g/mol. The zero-order chi connectivity index (χ0) is 11.2. The van der Waals surface area contributed by atoms with Crippen LogP contribution >= 0.6 is 15.9 Å². The molecule has 1 unspecified atom stereocenters. The Labute approximate surface area is 91.8 Å². The average Bonchev–Trinajstić information content (AvgIpc) is 2.45. The summed E-state index contributed by atoms with van der Waals surface area (Å²) < 4.78 is 42.9. The first-order valence-corrected chi connectivity index (χ1v) is 4.92. The molecule has 1 aliphatic heterocycles. The number of benzene rings is 1. The molecule has 1 aromatic rings. The highest BCUT2D eigenvalue weighted by atomic mass is 79.9. The highest BCUT2D eigenvalue weighted by molar-refractivity contribution is 9.10. The predicted molar refractivity (Wildman–Crippen MR) is 49.5 cm³/mol. The summed E-state index contributed by atoms with van der Waals surface area (Å²) in [7, 11) is 0. The lowest BCUT2D eigenvalue weighted by atomic mass is 10.0. The maximum Gasteiger partial charge on any atom is 0.416 e. The van der Waals surface area contributed by atoms with Gasteiger partial charge in [-0.1, -0.05) is 0 Å². The Hall–Kier alpha value is -0.750. The lowest BCUT2D eigenvalue weighted by Crippen LogP contribution is -2.11. The van der Waals surface area contributed by atoms with Gasteiger partial charge in [0.15, 0.2) is 0 Å². The van der Waals surface area contributed by atoms with Crippen molar-refractivity contribution in [3.63, 3.8) is 0 Å². The van der Waals surface area contributed by atoms with Crippen LogP contribution in [0.2, 0.25) is 0 Å². The number of aliphatic hydroxyl groups excluding tert-OH is 1. The van der Waals surface area contributed by atoms with Crippen molar-refractivity contribution in [3.05, 3.63) is 27.7 Å². The fourth-order valence-electron chi connectivity index (χ4n) is 1.55. The first-order chi connectivity index (χ1) is 6.89.